The Bertz CT molecular complexity index is 1070. The number of hydrogen-bond acceptors (Lipinski definition) is 5. The molecule has 1 aliphatic heterocycles. The number of rotatable bonds is 4. The summed E-state index contributed by atoms with van der Waals surface area (Å²) in [5.41, 5.74) is 2.80. The van der Waals surface area contributed by atoms with Gasteiger partial charge in [-0.05, 0) is 38.0 Å². The Morgan fingerprint density at radius 2 is 2.00 bits per heavy atom. The monoisotopic (exact) mass is 390 g/mol. The Hall–Kier alpha value is -3.48. The fourth-order valence-corrected chi connectivity index (χ4v) is 3.92. The van der Waals surface area contributed by atoms with Crippen LogP contribution in [-0.2, 0) is 4.79 Å². The summed E-state index contributed by atoms with van der Waals surface area (Å²) in [7, 11) is 0. The molecule has 4 rings (SSSR count). The number of carbonyl (C=O) groups excluding carboxylic acids is 1. The first-order chi connectivity index (χ1) is 14.0. The van der Waals surface area contributed by atoms with Crippen LogP contribution in [0.4, 0.5) is 17.1 Å². The quantitative estimate of drug-likeness (QED) is 0.530. The van der Waals surface area contributed by atoms with E-state index in [4.69, 9.17) is 0 Å². The fourth-order valence-electron chi connectivity index (χ4n) is 3.92. The van der Waals surface area contributed by atoms with Crippen molar-refractivity contribution in [3.05, 3.63) is 70.4 Å². The van der Waals surface area contributed by atoms with Crippen LogP contribution >= 0.6 is 0 Å². The summed E-state index contributed by atoms with van der Waals surface area (Å²) in [6.45, 7) is 3.21. The third kappa shape index (κ3) is 3.89. The molecule has 0 aliphatic carbocycles. The van der Waals surface area contributed by atoms with Gasteiger partial charge in [-0.15, -0.1) is 0 Å². The number of nitro groups is 1. The highest BCUT2D eigenvalue weighted by Gasteiger charge is 2.28. The van der Waals surface area contributed by atoms with E-state index in [0.29, 0.717) is 12.1 Å². The maximum atomic E-state index is 12.8. The van der Waals surface area contributed by atoms with Gasteiger partial charge >= 0.3 is 0 Å². The number of pyridine rings is 1. The highest BCUT2D eigenvalue weighted by Crippen LogP contribution is 2.34. The number of carbonyl (C=O) groups is 1. The minimum atomic E-state index is -0.398. The smallest absolute Gasteiger partial charge is 0.295 e. The standard InChI is InChI=1S/C22H22N4O3/c1-15-13-20(18-10-5-11-19(26(28)29)21(18)23-15)25-12-6-7-16(14-25)22(27)24-17-8-3-2-4-9-17/h2-5,8-11,13,16H,6-7,12,14H2,1H3,(H,24,27). The molecule has 1 fully saturated rings. The van der Waals surface area contributed by atoms with Crippen LogP contribution in [-0.4, -0.2) is 28.9 Å². The van der Waals surface area contributed by atoms with Crippen LogP contribution in [0.2, 0.25) is 0 Å². The molecule has 0 spiro atoms. The molecule has 3 aromatic rings. The van der Waals surface area contributed by atoms with Crippen molar-refractivity contribution < 1.29 is 9.72 Å². The highest BCUT2D eigenvalue weighted by molar-refractivity contribution is 5.98. The van der Waals surface area contributed by atoms with E-state index >= 15 is 0 Å². The number of amides is 1. The van der Waals surface area contributed by atoms with Crippen molar-refractivity contribution in [2.24, 2.45) is 5.92 Å². The van der Waals surface area contributed by atoms with Crippen molar-refractivity contribution in [1.29, 1.82) is 0 Å². The van der Waals surface area contributed by atoms with Crippen molar-refractivity contribution in [3.8, 4) is 0 Å². The van der Waals surface area contributed by atoms with Gasteiger partial charge in [0.15, 0.2) is 5.52 Å². The molecule has 2 heterocycles. The SMILES string of the molecule is Cc1cc(N2CCCC(C(=O)Nc3ccccc3)C2)c2cccc([N+](=O)[O-])c2n1. The van der Waals surface area contributed by atoms with Gasteiger partial charge in [-0.3, -0.25) is 14.9 Å². The summed E-state index contributed by atoms with van der Waals surface area (Å²) < 4.78 is 0. The number of benzene rings is 2. The molecule has 1 saturated heterocycles. The number of non-ortho nitro benzene ring substituents is 1. The number of anilines is 2. The molecule has 148 valence electrons. The average molecular weight is 390 g/mol. The third-order valence-corrected chi connectivity index (χ3v) is 5.30. The molecule has 1 aliphatic rings. The molecule has 1 N–H and O–H groups in total. The molecule has 7 heteroatoms. The first-order valence-corrected chi connectivity index (χ1v) is 9.68. The van der Waals surface area contributed by atoms with E-state index in [-0.39, 0.29) is 17.5 Å². The first kappa shape index (κ1) is 18.9. The van der Waals surface area contributed by atoms with Crippen molar-refractivity contribution in [2.45, 2.75) is 19.8 Å². The second-order valence-corrected chi connectivity index (χ2v) is 7.35. The van der Waals surface area contributed by atoms with Gasteiger partial charge in [-0.25, -0.2) is 4.98 Å². The summed E-state index contributed by atoms with van der Waals surface area (Å²) in [6, 6.07) is 16.4. The number of para-hydroxylation sites is 2. The van der Waals surface area contributed by atoms with E-state index in [1.165, 1.54) is 6.07 Å². The molecule has 1 atom stereocenters. The topological polar surface area (TPSA) is 88.4 Å². The fraction of sp³-hybridized carbons (Fsp3) is 0.273. The summed E-state index contributed by atoms with van der Waals surface area (Å²) in [6.07, 6.45) is 1.70. The number of aromatic nitrogens is 1. The maximum absolute atomic E-state index is 12.8. The molecular formula is C22H22N4O3. The first-order valence-electron chi connectivity index (χ1n) is 9.68. The van der Waals surface area contributed by atoms with Gasteiger partial charge in [0.1, 0.15) is 0 Å². The van der Waals surface area contributed by atoms with E-state index in [9.17, 15) is 14.9 Å². The molecular weight excluding hydrogens is 368 g/mol. The Morgan fingerprint density at radius 1 is 1.21 bits per heavy atom. The number of nitrogens with zero attached hydrogens (tertiary/aromatic N) is 3. The molecule has 1 amide bonds. The van der Waals surface area contributed by atoms with Gasteiger partial charge in [0, 0.05) is 41.6 Å². The zero-order valence-electron chi connectivity index (χ0n) is 16.2. The van der Waals surface area contributed by atoms with Gasteiger partial charge in [0.25, 0.3) is 5.69 Å². The molecule has 29 heavy (non-hydrogen) atoms. The molecule has 0 radical (unpaired) electrons. The zero-order valence-corrected chi connectivity index (χ0v) is 16.2. The number of fused-ring (bicyclic) bond motifs is 1. The minimum Gasteiger partial charge on any atom is -0.370 e. The van der Waals surface area contributed by atoms with E-state index in [2.05, 4.69) is 15.2 Å². The Balaban J connectivity index is 1.63. The van der Waals surface area contributed by atoms with Crippen LogP contribution in [0.5, 0.6) is 0 Å². The largest absolute Gasteiger partial charge is 0.370 e. The van der Waals surface area contributed by atoms with Crippen LogP contribution < -0.4 is 10.2 Å². The predicted molar refractivity (Wildman–Crippen MR) is 113 cm³/mol. The molecule has 2 aromatic carbocycles. The summed E-state index contributed by atoms with van der Waals surface area (Å²) in [4.78, 5) is 30.4. The molecule has 7 nitrogen and oxygen atoms in total. The van der Waals surface area contributed by atoms with E-state index < -0.39 is 4.92 Å². The van der Waals surface area contributed by atoms with Gasteiger partial charge in [0.2, 0.25) is 5.91 Å². The van der Waals surface area contributed by atoms with Crippen LogP contribution in [0.3, 0.4) is 0 Å². The van der Waals surface area contributed by atoms with E-state index in [0.717, 1.165) is 41.8 Å². The number of hydrogen-bond donors (Lipinski definition) is 1. The average Bonchev–Trinajstić information content (AvgIpc) is 2.73. The van der Waals surface area contributed by atoms with Crippen LogP contribution in [0, 0.1) is 23.0 Å². The number of aryl methyl sites for hydroxylation is 1. The van der Waals surface area contributed by atoms with E-state index in [1.807, 2.05) is 49.4 Å². The second kappa shape index (κ2) is 7.87. The number of nitrogens with one attached hydrogen (secondary N) is 1. The van der Waals surface area contributed by atoms with Crippen molar-refractivity contribution >= 4 is 33.9 Å². The Kier molecular flexibility index (Phi) is 5.12. The predicted octanol–water partition coefficient (Wildman–Crippen LogP) is 4.31. The highest BCUT2D eigenvalue weighted by atomic mass is 16.6. The van der Waals surface area contributed by atoms with Gasteiger partial charge < -0.3 is 10.2 Å². The normalized spacial score (nSPS) is 16.6. The molecule has 0 bridgehead atoms. The van der Waals surface area contributed by atoms with Crippen LogP contribution in [0.15, 0.2) is 54.6 Å². The van der Waals surface area contributed by atoms with Gasteiger partial charge in [0.05, 0.1) is 10.8 Å². The Labute approximate surface area is 168 Å². The zero-order chi connectivity index (χ0) is 20.4. The van der Waals surface area contributed by atoms with Crippen LogP contribution in [0.25, 0.3) is 10.9 Å². The molecule has 0 saturated carbocycles. The molecule has 1 aromatic heterocycles. The van der Waals surface area contributed by atoms with Crippen LogP contribution in [0.1, 0.15) is 18.5 Å². The maximum Gasteiger partial charge on any atom is 0.295 e. The number of piperidine rings is 1. The lowest BCUT2D eigenvalue weighted by atomic mass is 9.96. The summed E-state index contributed by atoms with van der Waals surface area (Å²) in [5, 5.41) is 15.2. The molecule has 1 unspecified atom stereocenters. The van der Waals surface area contributed by atoms with Gasteiger partial charge in [-0.2, -0.15) is 0 Å². The van der Waals surface area contributed by atoms with E-state index in [1.54, 1.807) is 6.07 Å². The minimum absolute atomic E-state index is 0.00182. The second-order valence-electron chi connectivity index (χ2n) is 7.35. The summed E-state index contributed by atoms with van der Waals surface area (Å²) >= 11 is 0. The lowest BCUT2D eigenvalue weighted by Crippen LogP contribution is -2.41. The summed E-state index contributed by atoms with van der Waals surface area (Å²) in [5.74, 6) is -0.145. The van der Waals surface area contributed by atoms with Crippen molar-refractivity contribution in [3.63, 3.8) is 0 Å². The van der Waals surface area contributed by atoms with Gasteiger partial charge in [-0.1, -0.05) is 30.3 Å². The van der Waals surface area contributed by atoms with Crippen molar-refractivity contribution in [2.75, 3.05) is 23.3 Å². The Morgan fingerprint density at radius 3 is 2.76 bits per heavy atom. The number of nitro benzene ring substituents is 1. The lowest BCUT2D eigenvalue weighted by molar-refractivity contribution is -0.383. The third-order valence-electron chi connectivity index (χ3n) is 5.30. The lowest BCUT2D eigenvalue weighted by Gasteiger charge is -2.34. The van der Waals surface area contributed by atoms with Crippen molar-refractivity contribution in [1.82, 2.24) is 4.98 Å².